The molecule has 1 saturated heterocycles. The predicted molar refractivity (Wildman–Crippen MR) is 118 cm³/mol. The Morgan fingerprint density at radius 3 is 2.43 bits per heavy atom. The van der Waals surface area contributed by atoms with Gasteiger partial charge in [-0.3, -0.25) is 4.79 Å². The van der Waals surface area contributed by atoms with Crippen molar-refractivity contribution in [1.29, 1.82) is 0 Å². The van der Waals surface area contributed by atoms with Crippen molar-refractivity contribution in [2.24, 2.45) is 0 Å². The van der Waals surface area contributed by atoms with Crippen LogP contribution in [0.25, 0.3) is 0 Å². The van der Waals surface area contributed by atoms with Crippen molar-refractivity contribution < 1.29 is 17.9 Å². The van der Waals surface area contributed by atoms with Gasteiger partial charge in [-0.15, -0.1) is 0 Å². The Balaban J connectivity index is 1.77. The van der Waals surface area contributed by atoms with E-state index in [0.717, 1.165) is 30.6 Å². The minimum atomic E-state index is -3.64. The number of halogens is 1. The van der Waals surface area contributed by atoms with Gasteiger partial charge in [0.1, 0.15) is 5.75 Å². The number of nitrogens with one attached hydrogen (secondary N) is 1. The second-order valence-electron chi connectivity index (χ2n) is 7.30. The average Bonchev–Trinajstić information content (AvgIpc) is 2.75. The number of hydrogen-bond acceptors (Lipinski definition) is 4. The Bertz CT molecular complexity index is 987. The van der Waals surface area contributed by atoms with Crippen molar-refractivity contribution in [3.8, 4) is 5.75 Å². The van der Waals surface area contributed by atoms with E-state index in [1.807, 2.05) is 38.1 Å². The highest BCUT2D eigenvalue weighted by molar-refractivity contribution is 7.89. The van der Waals surface area contributed by atoms with Crippen LogP contribution in [0.1, 0.15) is 55.1 Å². The number of hydrogen-bond donors (Lipinski definition) is 1. The molecule has 1 aliphatic heterocycles. The summed E-state index contributed by atoms with van der Waals surface area (Å²) in [5.74, 6) is 0.343. The van der Waals surface area contributed by atoms with Gasteiger partial charge in [-0.2, -0.15) is 4.31 Å². The zero-order chi connectivity index (χ0) is 21.7. The van der Waals surface area contributed by atoms with Crippen LogP contribution in [0, 0.1) is 0 Å². The van der Waals surface area contributed by atoms with Crippen LogP contribution < -0.4 is 10.1 Å². The first-order valence-electron chi connectivity index (χ1n) is 10.2. The van der Waals surface area contributed by atoms with Gasteiger partial charge in [0, 0.05) is 13.1 Å². The number of sulfonamides is 1. The van der Waals surface area contributed by atoms with Crippen LogP contribution >= 0.6 is 11.6 Å². The highest BCUT2D eigenvalue weighted by Crippen LogP contribution is 2.26. The van der Waals surface area contributed by atoms with E-state index in [-0.39, 0.29) is 21.5 Å². The fourth-order valence-electron chi connectivity index (χ4n) is 3.47. The zero-order valence-corrected chi connectivity index (χ0v) is 18.8. The third kappa shape index (κ3) is 5.14. The van der Waals surface area contributed by atoms with Gasteiger partial charge >= 0.3 is 0 Å². The first-order valence-corrected chi connectivity index (χ1v) is 12.0. The second-order valence-corrected chi connectivity index (χ2v) is 9.65. The molecule has 0 bridgehead atoms. The summed E-state index contributed by atoms with van der Waals surface area (Å²) in [5.41, 5.74) is 1.05. The van der Waals surface area contributed by atoms with Crippen LogP contribution in [0.5, 0.6) is 5.75 Å². The van der Waals surface area contributed by atoms with Crippen LogP contribution in [0.2, 0.25) is 5.02 Å². The Morgan fingerprint density at radius 2 is 1.80 bits per heavy atom. The minimum absolute atomic E-state index is 0.0904. The highest BCUT2D eigenvalue weighted by Gasteiger charge is 2.27. The molecule has 0 spiro atoms. The van der Waals surface area contributed by atoms with E-state index in [4.69, 9.17) is 16.3 Å². The smallest absolute Gasteiger partial charge is 0.253 e. The van der Waals surface area contributed by atoms with E-state index in [1.54, 1.807) is 0 Å². The Labute approximate surface area is 183 Å². The number of nitrogens with zero attached hydrogens (tertiary/aromatic N) is 1. The molecule has 6 nitrogen and oxygen atoms in total. The van der Waals surface area contributed by atoms with E-state index in [2.05, 4.69) is 5.32 Å². The maximum Gasteiger partial charge on any atom is 0.253 e. The van der Waals surface area contributed by atoms with Crippen LogP contribution in [-0.2, 0) is 10.0 Å². The molecule has 0 unspecified atom stereocenters. The molecule has 3 rings (SSSR count). The summed E-state index contributed by atoms with van der Waals surface area (Å²) in [6.07, 6.45) is 2.73. The molecule has 0 radical (unpaired) electrons. The molecule has 0 aliphatic carbocycles. The van der Waals surface area contributed by atoms with Crippen LogP contribution in [0.3, 0.4) is 0 Å². The Kier molecular flexibility index (Phi) is 7.39. The molecule has 1 atom stereocenters. The molecule has 2 aromatic rings. The molecule has 2 aromatic carbocycles. The molecular weight excluding hydrogens is 424 g/mol. The van der Waals surface area contributed by atoms with E-state index >= 15 is 0 Å². The zero-order valence-electron chi connectivity index (χ0n) is 17.2. The van der Waals surface area contributed by atoms with E-state index in [9.17, 15) is 13.2 Å². The summed E-state index contributed by atoms with van der Waals surface area (Å²) in [7, 11) is -3.64. The number of rotatable bonds is 7. The largest absolute Gasteiger partial charge is 0.494 e. The normalized spacial score (nSPS) is 16.1. The molecule has 1 heterocycles. The van der Waals surface area contributed by atoms with Gasteiger partial charge in [0.05, 0.1) is 28.1 Å². The number of piperidine rings is 1. The molecule has 0 aromatic heterocycles. The molecule has 1 amide bonds. The summed E-state index contributed by atoms with van der Waals surface area (Å²) < 4.78 is 32.8. The molecule has 1 fully saturated rings. The van der Waals surface area contributed by atoms with E-state index in [0.29, 0.717) is 19.7 Å². The fraction of sp³-hybridized carbons (Fsp3) is 0.409. The van der Waals surface area contributed by atoms with Crippen molar-refractivity contribution in [2.45, 2.75) is 44.0 Å². The lowest BCUT2D eigenvalue weighted by Gasteiger charge is -2.26. The third-order valence-corrected chi connectivity index (χ3v) is 7.40. The van der Waals surface area contributed by atoms with Gasteiger partial charge < -0.3 is 10.1 Å². The summed E-state index contributed by atoms with van der Waals surface area (Å²) >= 11 is 6.23. The predicted octanol–water partition coefficient (Wildman–Crippen LogP) is 4.40. The van der Waals surface area contributed by atoms with Crippen molar-refractivity contribution in [1.82, 2.24) is 9.62 Å². The van der Waals surface area contributed by atoms with Gasteiger partial charge in [-0.25, -0.2) is 8.42 Å². The molecule has 0 saturated carbocycles. The van der Waals surface area contributed by atoms with Gasteiger partial charge in [0.15, 0.2) is 0 Å². The standard InChI is InChI=1S/C22H27ClN2O4S/c1-3-29-18-9-7-17(8-10-18)16(2)24-22(26)20-15-19(11-12-21(20)23)30(27,28)25-13-5-4-6-14-25/h7-12,15-16H,3-6,13-14H2,1-2H3,(H,24,26)/t16-/m1/s1. The molecule has 8 heteroatoms. The minimum Gasteiger partial charge on any atom is -0.494 e. The quantitative estimate of drug-likeness (QED) is 0.678. The molecular formula is C22H27ClN2O4S. The van der Waals surface area contributed by atoms with Crippen LogP contribution in [0.4, 0.5) is 0 Å². The summed E-state index contributed by atoms with van der Waals surface area (Å²) in [5, 5.41) is 3.10. The van der Waals surface area contributed by atoms with Gasteiger partial charge in [-0.05, 0) is 62.6 Å². The number of benzene rings is 2. The lowest BCUT2D eigenvalue weighted by molar-refractivity contribution is 0.0940. The van der Waals surface area contributed by atoms with Crippen LogP contribution in [0.15, 0.2) is 47.4 Å². The lowest BCUT2D eigenvalue weighted by Crippen LogP contribution is -2.35. The molecule has 162 valence electrons. The van der Waals surface area contributed by atoms with Crippen LogP contribution in [-0.4, -0.2) is 38.3 Å². The highest BCUT2D eigenvalue weighted by atomic mass is 35.5. The van der Waals surface area contributed by atoms with Crippen molar-refractivity contribution in [3.63, 3.8) is 0 Å². The summed E-state index contributed by atoms with van der Waals surface area (Å²) in [6, 6.07) is 11.5. The topological polar surface area (TPSA) is 75.7 Å². The monoisotopic (exact) mass is 450 g/mol. The van der Waals surface area contributed by atoms with Crippen molar-refractivity contribution in [3.05, 3.63) is 58.6 Å². The Morgan fingerprint density at radius 1 is 1.13 bits per heavy atom. The summed E-state index contributed by atoms with van der Waals surface area (Å²) in [6.45, 7) is 5.36. The number of ether oxygens (including phenoxy) is 1. The van der Waals surface area contributed by atoms with E-state index in [1.165, 1.54) is 22.5 Å². The van der Waals surface area contributed by atoms with Crippen molar-refractivity contribution in [2.75, 3.05) is 19.7 Å². The third-order valence-electron chi connectivity index (χ3n) is 5.17. The first-order chi connectivity index (χ1) is 14.3. The molecule has 1 N–H and O–H groups in total. The van der Waals surface area contributed by atoms with Gasteiger partial charge in [0.25, 0.3) is 5.91 Å². The van der Waals surface area contributed by atoms with E-state index < -0.39 is 15.9 Å². The molecule has 30 heavy (non-hydrogen) atoms. The van der Waals surface area contributed by atoms with Crippen molar-refractivity contribution >= 4 is 27.5 Å². The lowest BCUT2D eigenvalue weighted by atomic mass is 10.1. The Hall–Kier alpha value is -2.09. The first kappa shape index (κ1) is 22.6. The molecule has 1 aliphatic rings. The maximum absolute atomic E-state index is 12.9. The van der Waals surface area contributed by atoms with Gasteiger partial charge in [-0.1, -0.05) is 30.2 Å². The van der Waals surface area contributed by atoms with Gasteiger partial charge in [0.2, 0.25) is 10.0 Å². The fourth-order valence-corrected chi connectivity index (χ4v) is 5.22. The SMILES string of the molecule is CCOc1ccc([C@@H](C)NC(=O)c2cc(S(=O)(=O)N3CCCCC3)ccc2Cl)cc1. The summed E-state index contributed by atoms with van der Waals surface area (Å²) in [4.78, 5) is 12.9. The number of carbonyl (C=O) groups excluding carboxylic acids is 1. The number of carbonyl (C=O) groups is 1. The average molecular weight is 451 g/mol. The number of amides is 1. The maximum atomic E-state index is 12.9. The second kappa shape index (κ2) is 9.81.